The molecule has 1 amide bonds. The van der Waals surface area contributed by atoms with Gasteiger partial charge in [-0.05, 0) is 64.8 Å². The number of rotatable bonds is 4. The first-order chi connectivity index (χ1) is 10.3. The number of alkyl carbamates (subject to hydrolysis) is 1. The second kappa shape index (κ2) is 7.47. The van der Waals surface area contributed by atoms with Gasteiger partial charge in [-0.25, -0.2) is 4.79 Å². The first-order valence-electron chi connectivity index (χ1n) is 8.12. The van der Waals surface area contributed by atoms with Gasteiger partial charge in [0, 0.05) is 23.0 Å². The summed E-state index contributed by atoms with van der Waals surface area (Å²) in [7, 11) is 0. The van der Waals surface area contributed by atoms with E-state index in [0.717, 1.165) is 25.7 Å². The van der Waals surface area contributed by atoms with Crippen molar-refractivity contribution >= 4 is 17.4 Å². The number of hydrogen-bond acceptors (Lipinski definition) is 4. The van der Waals surface area contributed by atoms with Gasteiger partial charge in [-0.1, -0.05) is 6.07 Å². The van der Waals surface area contributed by atoms with Crippen molar-refractivity contribution in [1.82, 2.24) is 10.6 Å². The van der Waals surface area contributed by atoms with E-state index in [9.17, 15) is 4.79 Å². The third-order valence-electron chi connectivity index (χ3n) is 3.90. The third kappa shape index (κ3) is 5.61. The summed E-state index contributed by atoms with van der Waals surface area (Å²) < 4.78 is 5.32. The van der Waals surface area contributed by atoms with Crippen LogP contribution in [0.2, 0.25) is 0 Å². The van der Waals surface area contributed by atoms with E-state index in [1.807, 2.05) is 20.8 Å². The maximum Gasteiger partial charge on any atom is 0.407 e. The Hall–Kier alpha value is -1.07. The highest BCUT2D eigenvalue weighted by Gasteiger charge is 2.25. The first-order valence-corrected chi connectivity index (χ1v) is 9.00. The lowest BCUT2D eigenvalue weighted by Gasteiger charge is -2.32. The molecule has 124 valence electrons. The van der Waals surface area contributed by atoms with Gasteiger partial charge in [0.25, 0.3) is 0 Å². The zero-order valence-electron chi connectivity index (χ0n) is 14.0. The molecule has 2 N–H and O–H groups in total. The van der Waals surface area contributed by atoms with Crippen molar-refractivity contribution in [3.05, 3.63) is 22.4 Å². The van der Waals surface area contributed by atoms with E-state index >= 15 is 0 Å². The summed E-state index contributed by atoms with van der Waals surface area (Å²) in [4.78, 5) is 13.2. The molecule has 1 atom stereocenters. The third-order valence-corrected chi connectivity index (χ3v) is 4.96. The molecule has 1 aliphatic carbocycles. The van der Waals surface area contributed by atoms with Crippen LogP contribution in [0.1, 0.15) is 64.3 Å². The Bertz CT molecular complexity index is 460. The Labute approximate surface area is 137 Å². The van der Waals surface area contributed by atoms with Crippen LogP contribution >= 0.6 is 11.3 Å². The number of thiophene rings is 1. The fourth-order valence-corrected chi connectivity index (χ4v) is 3.60. The summed E-state index contributed by atoms with van der Waals surface area (Å²) in [5.74, 6) is 0. The Balaban J connectivity index is 1.70. The highest BCUT2D eigenvalue weighted by atomic mass is 32.1. The van der Waals surface area contributed by atoms with Gasteiger partial charge < -0.3 is 15.4 Å². The molecule has 1 fully saturated rings. The molecule has 22 heavy (non-hydrogen) atoms. The van der Waals surface area contributed by atoms with Crippen LogP contribution in [-0.2, 0) is 4.74 Å². The Kier molecular flexibility index (Phi) is 5.87. The van der Waals surface area contributed by atoms with E-state index in [4.69, 9.17) is 4.74 Å². The van der Waals surface area contributed by atoms with Crippen molar-refractivity contribution in [2.45, 2.75) is 77.1 Å². The Morgan fingerprint density at radius 3 is 2.45 bits per heavy atom. The van der Waals surface area contributed by atoms with Crippen LogP contribution in [0.4, 0.5) is 4.79 Å². The summed E-state index contributed by atoms with van der Waals surface area (Å²) in [6.07, 6.45) is 3.91. The normalized spacial score (nSPS) is 23.8. The SMILES string of the molecule is CC(NC1CCC(NC(=O)OC(C)(C)C)CC1)c1cccs1. The lowest BCUT2D eigenvalue weighted by molar-refractivity contribution is 0.0489. The van der Waals surface area contributed by atoms with Crippen molar-refractivity contribution in [1.29, 1.82) is 0 Å². The smallest absolute Gasteiger partial charge is 0.407 e. The van der Waals surface area contributed by atoms with Crippen LogP contribution in [0.5, 0.6) is 0 Å². The fourth-order valence-electron chi connectivity index (χ4n) is 2.85. The number of carbonyl (C=O) groups excluding carboxylic acids is 1. The molecule has 1 aromatic rings. The Morgan fingerprint density at radius 2 is 1.91 bits per heavy atom. The molecular weight excluding hydrogens is 296 g/mol. The lowest BCUT2D eigenvalue weighted by atomic mass is 9.91. The van der Waals surface area contributed by atoms with Gasteiger partial charge in [0.15, 0.2) is 0 Å². The van der Waals surface area contributed by atoms with Crippen LogP contribution in [0.25, 0.3) is 0 Å². The number of amides is 1. The molecule has 1 aliphatic rings. The molecule has 0 bridgehead atoms. The number of nitrogens with one attached hydrogen (secondary N) is 2. The van der Waals surface area contributed by atoms with Crippen molar-refractivity contribution in [3.8, 4) is 0 Å². The predicted octanol–water partition coefficient (Wildman–Crippen LogP) is 4.23. The maximum atomic E-state index is 11.8. The van der Waals surface area contributed by atoms with Crippen LogP contribution in [-0.4, -0.2) is 23.8 Å². The molecule has 1 heterocycles. The zero-order valence-corrected chi connectivity index (χ0v) is 14.8. The van der Waals surface area contributed by atoms with Gasteiger partial charge in [-0.3, -0.25) is 0 Å². The summed E-state index contributed by atoms with van der Waals surface area (Å²) in [6, 6.07) is 5.46. The summed E-state index contributed by atoms with van der Waals surface area (Å²) in [5.41, 5.74) is -0.432. The number of carbonyl (C=O) groups is 1. The predicted molar refractivity (Wildman–Crippen MR) is 91.3 cm³/mol. The van der Waals surface area contributed by atoms with Crippen LogP contribution in [0.3, 0.4) is 0 Å². The molecule has 0 radical (unpaired) electrons. The van der Waals surface area contributed by atoms with Crippen molar-refractivity contribution in [2.24, 2.45) is 0 Å². The number of ether oxygens (including phenoxy) is 1. The Morgan fingerprint density at radius 1 is 1.27 bits per heavy atom. The van der Waals surface area contributed by atoms with Crippen molar-refractivity contribution < 1.29 is 9.53 Å². The monoisotopic (exact) mass is 324 g/mol. The maximum absolute atomic E-state index is 11.8. The van der Waals surface area contributed by atoms with Gasteiger partial charge in [-0.2, -0.15) is 0 Å². The minimum atomic E-state index is -0.432. The molecule has 0 aliphatic heterocycles. The van der Waals surface area contributed by atoms with Crippen LogP contribution < -0.4 is 10.6 Å². The molecule has 1 unspecified atom stereocenters. The standard InChI is InChI=1S/C17H28N2O2S/c1-12(15-6-5-11-22-15)18-13-7-9-14(10-8-13)19-16(20)21-17(2,3)4/h5-6,11-14,18H,7-10H2,1-4H3,(H,19,20). The van der Waals surface area contributed by atoms with E-state index < -0.39 is 5.60 Å². The second-order valence-corrected chi connectivity index (χ2v) is 8.08. The fraction of sp³-hybridized carbons (Fsp3) is 0.706. The molecule has 0 spiro atoms. The topological polar surface area (TPSA) is 50.4 Å². The van der Waals surface area contributed by atoms with E-state index in [-0.39, 0.29) is 12.1 Å². The molecule has 2 rings (SSSR count). The minimum Gasteiger partial charge on any atom is -0.444 e. The van der Waals surface area contributed by atoms with E-state index in [1.165, 1.54) is 4.88 Å². The molecule has 4 nitrogen and oxygen atoms in total. The molecule has 1 aromatic heterocycles. The quantitative estimate of drug-likeness (QED) is 0.871. The molecular formula is C17H28N2O2S. The van der Waals surface area contributed by atoms with E-state index in [0.29, 0.717) is 12.1 Å². The molecule has 5 heteroatoms. The largest absolute Gasteiger partial charge is 0.444 e. The molecule has 0 aromatic carbocycles. The minimum absolute atomic E-state index is 0.241. The van der Waals surface area contributed by atoms with Crippen LogP contribution in [0.15, 0.2) is 17.5 Å². The average Bonchev–Trinajstić information content (AvgIpc) is 2.92. The summed E-state index contributed by atoms with van der Waals surface area (Å²) >= 11 is 1.80. The van der Waals surface area contributed by atoms with Gasteiger partial charge in [0.2, 0.25) is 0 Å². The van der Waals surface area contributed by atoms with Crippen molar-refractivity contribution in [3.63, 3.8) is 0 Å². The second-order valence-electron chi connectivity index (χ2n) is 7.10. The van der Waals surface area contributed by atoms with Crippen LogP contribution in [0, 0.1) is 0 Å². The highest BCUT2D eigenvalue weighted by molar-refractivity contribution is 7.10. The average molecular weight is 324 g/mol. The zero-order chi connectivity index (χ0) is 16.2. The summed E-state index contributed by atoms with van der Waals surface area (Å²) in [6.45, 7) is 7.88. The number of hydrogen-bond donors (Lipinski definition) is 2. The summed E-state index contributed by atoms with van der Waals surface area (Å²) in [5, 5.41) is 8.81. The van der Waals surface area contributed by atoms with Gasteiger partial charge in [-0.15, -0.1) is 11.3 Å². The molecule has 0 saturated heterocycles. The first kappa shape index (κ1) is 17.3. The van der Waals surface area contributed by atoms with E-state index in [2.05, 4.69) is 35.1 Å². The van der Waals surface area contributed by atoms with Gasteiger partial charge >= 0.3 is 6.09 Å². The van der Waals surface area contributed by atoms with Crippen molar-refractivity contribution in [2.75, 3.05) is 0 Å². The van der Waals surface area contributed by atoms with Gasteiger partial charge in [0.05, 0.1) is 0 Å². The van der Waals surface area contributed by atoms with Gasteiger partial charge in [0.1, 0.15) is 5.60 Å². The lowest BCUT2D eigenvalue weighted by Crippen LogP contribution is -2.44. The highest BCUT2D eigenvalue weighted by Crippen LogP contribution is 2.24. The molecule has 1 saturated carbocycles. The van der Waals surface area contributed by atoms with E-state index in [1.54, 1.807) is 11.3 Å².